The first-order valence-electron chi connectivity index (χ1n) is 6.04. The maximum absolute atomic E-state index is 11.5. The Morgan fingerprint density at radius 2 is 1.89 bits per heavy atom. The third kappa shape index (κ3) is 3.92. The van der Waals surface area contributed by atoms with E-state index in [-0.39, 0.29) is 5.91 Å². The molecule has 1 aromatic rings. The van der Waals surface area contributed by atoms with Crippen molar-refractivity contribution < 1.29 is 14.3 Å². The van der Waals surface area contributed by atoms with Gasteiger partial charge in [-0.2, -0.15) is 0 Å². The second-order valence-corrected chi connectivity index (χ2v) is 3.81. The Kier molecular flexibility index (Phi) is 5.45. The number of rotatable bonds is 6. The number of anilines is 1. The molecule has 5 nitrogen and oxygen atoms in total. The topological polar surface area (TPSA) is 73.6 Å². The van der Waals surface area contributed by atoms with Gasteiger partial charge in [-0.1, -0.05) is 0 Å². The van der Waals surface area contributed by atoms with Gasteiger partial charge in [0.25, 0.3) is 0 Å². The number of ether oxygens (including phenoxy) is 2. The Labute approximate surface area is 107 Å². The fourth-order valence-corrected chi connectivity index (χ4v) is 1.38. The van der Waals surface area contributed by atoms with Gasteiger partial charge in [0.05, 0.1) is 19.3 Å². The van der Waals surface area contributed by atoms with Crippen LogP contribution in [0.3, 0.4) is 0 Å². The van der Waals surface area contributed by atoms with Gasteiger partial charge in [0.1, 0.15) is 0 Å². The van der Waals surface area contributed by atoms with E-state index >= 15 is 0 Å². The minimum Gasteiger partial charge on any atom is -0.490 e. The number of nitrogens with two attached hydrogens (primary N) is 1. The molecule has 0 aliphatic heterocycles. The van der Waals surface area contributed by atoms with E-state index in [0.29, 0.717) is 30.4 Å². The van der Waals surface area contributed by atoms with Crippen molar-refractivity contribution in [3.05, 3.63) is 18.2 Å². The van der Waals surface area contributed by atoms with Gasteiger partial charge in [-0.3, -0.25) is 4.79 Å². The molecule has 0 spiro atoms. The summed E-state index contributed by atoms with van der Waals surface area (Å²) in [6.07, 6.45) is 0. The molecule has 3 N–H and O–H groups in total. The normalized spacial score (nSPS) is 11.8. The zero-order chi connectivity index (χ0) is 13.5. The summed E-state index contributed by atoms with van der Waals surface area (Å²) in [7, 11) is 0. The first-order valence-corrected chi connectivity index (χ1v) is 6.04. The van der Waals surface area contributed by atoms with Crippen LogP contribution in [0.5, 0.6) is 11.5 Å². The quantitative estimate of drug-likeness (QED) is 0.809. The summed E-state index contributed by atoms with van der Waals surface area (Å²) >= 11 is 0. The number of amides is 1. The van der Waals surface area contributed by atoms with E-state index in [1.807, 2.05) is 13.8 Å². The molecule has 100 valence electrons. The molecule has 0 aromatic heterocycles. The molecule has 1 atom stereocenters. The first-order chi connectivity index (χ1) is 8.58. The van der Waals surface area contributed by atoms with Crippen molar-refractivity contribution in [1.29, 1.82) is 0 Å². The van der Waals surface area contributed by atoms with E-state index < -0.39 is 6.04 Å². The van der Waals surface area contributed by atoms with Crippen LogP contribution in [0, 0.1) is 0 Å². The Morgan fingerprint density at radius 1 is 1.28 bits per heavy atom. The summed E-state index contributed by atoms with van der Waals surface area (Å²) in [5.41, 5.74) is 6.13. The van der Waals surface area contributed by atoms with Gasteiger partial charge in [0.15, 0.2) is 11.5 Å². The highest BCUT2D eigenvalue weighted by atomic mass is 16.5. The van der Waals surface area contributed by atoms with Crippen LogP contribution in [0.1, 0.15) is 20.8 Å². The molecule has 0 aliphatic rings. The molecule has 1 aromatic carbocycles. The summed E-state index contributed by atoms with van der Waals surface area (Å²) in [4.78, 5) is 11.5. The zero-order valence-corrected chi connectivity index (χ0v) is 11.0. The Balaban J connectivity index is 2.88. The van der Waals surface area contributed by atoms with E-state index in [9.17, 15) is 4.79 Å². The van der Waals surface area contributed by atoms with Crippen LogP contribution in [0.2, 0.25) is 0 Å². The maximum atomic E-state index is 11.5. The second-order valence-electron chi connectivity index (χ2n) is 3.81. The molecule has 5 heteroatoms. The summed E-state index contributed by atoms with van der Waals surface area (Å²) < 4.78 is 10.9. The summed E-state index contributed by atoms with van der Waals surface area (Å²) in [6, 6.07) is 4.71. The molecule has 18 heavy (non-hydrogen) atoms. The van der Waals surface area contributed by atoms with Crippen molar-refractivity contribution in [2.45, 2.75) is 26.8 Å². The van der Waals surface area contributed by atoms with E-state index in [2.05, 4.69) is 5.32 Å². The Morgan fingerprint density at radius 3 is 2.44 bits per heavy atom. The van der Waals surface area contributed by atoms with Gasteiger partial charge < -0.3 is 20.5 Å². The number of carbonyl (C=O) groups is 1. The third-order valence-electron chi connectivity index (χ3n) is 2.22. The predicted octanol–water partition coefficient (Wildman–Crippen LogP) is 1.77. The SMILES string of the molecule is CCOc1ccc(NC(=O)[C@H](C)N)cc1OCC. The highest BCUT2D eigenvalue weighted by Crippen LogP contribution is 2.30. The molecule has 0 radical (unpaired) electrons. The fraction of sp³-hybridized carbons (Fsp3) is 0.462. The van der Waals surface area contributed by atoms with Crippen LogP contribution < -0.4 is 20.5 Å². The van der Waals surface area contributed by atoms with Crippen molar-refractivity contribution in [2.24, 2.45) is 5.73 Å². The molecule has 0 saturated heterocycles. The van der Waals surface area contributed by atoms with Gasteiger partial charge in [-0.25, -0.2) is 0 Å². The van der Waals surface area contributed by atoms with Crippen LogP contribution in [-0.2, 0) is 4.79 Å². The minimum absolute atomic E-state index is 0.235. The molecule has 0 fully saturated rings. The number of carbonyl (C=O) groups excluding carboxylic acids is 1. The van der Waals surface area contributed by atoms with Gasteiger partial charge in [-0.15, -0.1) is 0 Å². The van der Waals surface area contributed by atoms with Crippen LogP contribution in [0.4, 0.5) is 5.69 Å². The van der Waals surface area contributed by atoms with E-state index in [1.54, 1.807) is 25.1 Å². The van der Waals surface area contributed by atoms with Crippen molar-refractivity contribution in [2.75, 3.05) is 18.5 Å². The van der Waals surface area contributed by atoms with Crippen LogP contribution >= 0.6 is 0 Å². The number of hydrogen-bond acceptors (Lipinski definition) is 4. The average Bonchev–Trinajstić information content (AvgIpc) is 2.33. The molecule has 0 aliphatic carbocycles. The van der Waals surface area contributed by atoms with Gasteiger partial charge >= 0.3 is 0 Å². The largest absolute Gasteiger partial charge is 0.490 e. The monoisotopic (exact) mass is 252 g/mol. The smallest absolute Gasteiger partial charge is 0.241 e. The predicted molar refractivity (Wildman–Crippen MR) is 71.1 cm³/mol. The fourth-order valence-electron chi connectivity index (χ4n) is 1.38. The van der Waals surface area contributed by atoms with Crippen LogP contribution in [0.25, 0.3) is 0 Å². The molecule has 0 unspecified atom stereocenters. The minimum atomic E-state index is -0.549. The zero-order valence-electron chi connectivity index (χ0n) is 11.0. The van der Waals surface area contributed by atoms with E-state index in [0.717, 1.165) is 0 Å². The van der Waals surface area contributed by atoms with Crippen LogP contribution in [0.15, 0.2) is 18.2 Å². The lowest BCUT2D eigenvalue weighted by atomic mass is 10.2. The highest BCUT2D eigenvalue weighted by molar-refractivity contribution is 5.94. The second kappa shape index (κ2) is 6.86. The van der Waals surface area contributed by atoms with Crippen LogP contribution in [-0.4, -0.2) is 25.2 Å². The average molecular weight is 252 g/mol. The lowest BCUT2D eigenvalue weighted by Gasteiger charge is -2.13. The Hall–Kier alpha value is -1.75. The molecular formula is C13H20N2O3. The molecule has 1 amide bonds. The van der Waals surface area contributed by atoms with E-state index in [1.165, 1.54) is 0 Å². The van der Waals surface area contributed by atoms with Gasteiger partial charge in [-0.05, 0) is 32.9 Å². The van der Waals surface area contributed by atoms with Gasteiger partial charge in [0, 0.05) is 11.8 Å². The maximum Gasteiger partial charge on any atom is 0.241 e. The molecule has 0 bridgehead atoms. The van der Waals surface area contributed by atoms with Crippen molar-refractivity contribution in [1.82, 2.24) is 0 Å². The first kappa shape index (κ1) is 14.3. The third-order valence-corrected chi connectivity index (χ3v) is 2.22. The molecule has 0 heterocycles. The Bertz CT molecular complexity index is 405. The summed E-state index contributed by atoms with van der Waals surface area (Å²) in [6.45, 7) is 6.52. The molecule has 0 saturated carbocycles. The number of nitrogens with one attached hydrogen (secondary N) is 1. The lowest BCUT2D eigenvalue weighted by molar-refractivity contribution is -0.117. The van der Waals surface area contributed by atoms with E-state index in [4.69, 9.17) is 15.2 Å². The highest BCUT2D eigenvalue weighted by Gasteiger charge is 2.10. The molecular weight excluding hydrogens is 232 g/mol. The summed E-state index contributed by atoms with van der Waals surface area (Å²) in [5.74, 6) is 1.04. The summed E-state index contributed by atoms with van der Waals surface area (Å²) in [5, 5.41) is 2.71. The standard InChI is InChI=1S/C13H20N2O3/c1-4-17-11-7-6-10(8-12(11)18-5-2)15-13(16)9(3)14/h6-9H,4-5,14H2,1-3H3,(H,15,16)/t9-/m0/s1. The lowest BCUT2D eigenvalue weighted by Crippen LogP contribution is -2.32. The van der Waals surface area contributed by atoms with Crippen molar-refractivity contribution >= 4 is 11.6 Å². The van der Waals surface area contributed by atoms with Crippen molar-refractivity contribution in [3.63, 3.8) is 0 Å². The van der Waals surface area contributed by atoms with Crippen molar-refractivity contribution in [3.8, 4) is 11.5 Å². The molecule has 1 rings (SSSR count). The van der Waals surface area contributed by atoms with Gasteiger partial charge in [0.2, 0.25) is 5.91 Å². The number of hydrogen-bond donors (Lipinski definition) is 2. The number of benzene rings is 1.